The molecule has 1 atom stereocenters. The van der Waals surface area contributed by atoms with Crippen molar-refractivity contribution in [2.45, 2.75) is 51.8 Å². The van der Waals surface area contributed by atoms with E-state index in [4.69, 9.17) is 4.42 Å². The number of aromatic nitrogens is 1. The van der Waals surface area contributed by atoms with Crippen molar-refractivity contribution in [3.8, 4) is 0 Å². The number of nitrogens with one attached hydrogen (secondary N) is 1. The van der Waals surface area contributed by atoms with Crippen LogP contribution < -0.4 is 5.32 Å². The minimum absolute atomic E-state index is 0.419. The third-order valence-corrected chi connectivity index (χ3v) is 5.19. The Hall–Kier alpha value is -2.04. The molecule has 0 amide bonds. The maximum absolute atomic E-state index is 10.6. The van der Waals surface area contributed by atoms with Crippen molar-refractivity contribution in [1.29, 1.82) is 0 Å². The quantitative estimate of drug-likeness (QED) is 0.722. The van der Waals surface area contributed by atoms with E-state index in [0.29, 0.717) is 19.6 Å². The zero-order valence-electron chi connectivity index (χ0n) is 14.8. The number of furan rings is 1. The lowest BCUT2D eigenvalue weighted by atomic mass is 9.95. The third-order valence-electron chi connectivity index (χ3n) is 5.19. The van der Waals surface area contributed by atoms with Gasteiger partial charge in [-0.15, -0.1) is 0 Å². The highest BCUT2D eigenvalue weighted by molar-refractivity contribution is 5.86. The number of nitrogens with zero attached hydrogens (tertiary/aromatic N) is 1. The molecular weight excluding hydrogens is 312 g/mol. The van der Waals surface area contributed by atoms with Crippen molar-refractivity contribution < 1.29 is 9.52 Å². The molecule has 1 aromatic carbocycles. The first-order valence-electron chi connectivity index (χ1n) is 9.24. The third kappa shape index (κ3) is 3.37. The summed E-state index contributed by atoms with van der Waals surface area (Å²) in [6.07, 6.45) is 6.05. The van der Waals surface area contributed by atoms with Crippen molar-refractivity contribution in [3.63, 3.8) is 0 Å². The van der Waals surface area contributed by atoms with Crippen LogP contribution in [0.3, 0.4) is 0 Å². The number of rotatable bonds is 6. The number of benzene rings is 1. The molecule has 2 N–H and O–H groups in total. The molecule has 0 bridgehead atoms. The molecule has 4 heteroatoms. The molecule has 0 spiro atoms. The molecule has 1 aliphatic carbocycles. The van der Waals surface area contributed by atoms with E-state index in [2.05, 4.69) is 35.0 Å². The fraction of sp³-hybridized carbons (Fsp3) is 0.429. The summed E-state index contributed by atoms with van der Waals surface area (Å²) in [5.41, 5.74) is 5.50. The van der Waals surface area contributed by atoms with Crippen LogP contribution in [0.2, 0.25) is 0 Å². The Morgan fingerprint density at radius 3 is 2.96 bits per heavy atom. The molecule has 0 saturated carbocycles. The highest BCUT2D eigenvalue weighted by atomic mass is 16.3. The zero-order valence-corrected chi connectivity index (χ0v) is 14.8. The maximum atomic E-state index is 10.6. The average molecular weight is 338 g/mol. The van der Waals surface area contributed by atoms with Crippen LogP contribution in [-0.2, 0) is 25.9 Å². The number of hydrogen-bond donors (Lipinski definition) is 2. The van der Waals surface area contributed by atoms with Crippen LogP contribution in [0, 0.1) is 6.92 Å². The lowest BCUT2D eigenvalue weighted by Crippen LogP contribution is -2.30. The first kappa shape index (κ1) is 16.4. The van der Waals surface area contributed by atoms with E-state index in [9.17, 15) is 5.11 Å². The Morgan fingerprint density at radius 1 is 1.24 bits per heavy atom. The zero-order chi connectivity index (χ0) is 17.2. The summed E-state index contributed by atoms with van der Waals surface area (Å²) < 4.78 is 7.66. The Labute approximate surface area is 148 Å². The molecule has 4 nitrogen and oxygen atoms in total. The lowest BCUT2D eigenvalue weighted by molar-refractivity contribution is 0.150. The summed E-state index contributed by atoms with van der Waals surface area (Å²) in [7, 11) is 0. The average Bonchev–Trinajstić information content (AvgIpc) is 3.22. The van der Waals surface area contributed by atoms with Gasteiger partial charge >= 0.3 is 0 Å². The van der Waals surface area contributed by atoms with Crippen molar-refractivity contribution in [2.75, 3.05) is 6.54 Å². The molecule has 25 heavy (non-hydrogen) atoms. The number of aliphatic hydroxyl groups is 1. The van der Waals surface area contributed by atoms with Crippen molar-refractivity contribution >= 4 is 10.9 Å². The standard InChI is InChI=1S/C21H26N2O2/c1-15-8-9-21-19(11-15)18-6-2-3-7-20(18)23(21)14-16(24)12-22-13-17-5-4-10-25-17/h4-5,8-11,16,22,24H,2-3,6-7,12-14H2,1H3/t16-/m0/s1. The van der Waals surface area contributed by atoms with Crippen molar-refractivity contribution in [3.05, 3.63) is 59.2 Å². The van der Waals surface area contributed by atoms with Gasteiger partial charge in [0.1, 0.15) is 5.76 Å². The molecule has 0 unspecified atom stereocenters. The van der Waals surface area contributed by atoms with E-state index in [0.717, 1.165) is 18.6 Å². The lowest BCUT2D eigenvalue weighted by Gasteiger charge is -2.19. The highest BCUT2D eigenvalue weighted by Crippen LogP contribution is 2.33. The highest BCUT2D eigenvalue weighted by Gasteiger charge is 2.21. The fourth-order valence-corrected chi connectivity index (χ4v) is 4.01. The molecule has 0 radical (unpaired) electrons. The summed E-state index contributed by atoms with van der Waals surface area (Å²) in [5, 5.41) is 15.2. The smallest absolute Gasteiger partial charge is 0.117 e. The van der Waals surface area contributed by atoms with Gasteiger partial charge in [-0.1, -0.05) is 11.6 Å². The van der Waals surface area contributed by atoms with E-state index in [-0.39, 0.29) is 0 Å². The largest absolute Gasteiger partial charge is 0.468 e. The molecule has 0 aliphatic heterocycles. The summed E-state index contributed by atoms with van der Waals surface area (Å²) in [6.45, 7) is 3.99. The normalized spacial score (nSPS) is 15.4. The molecule has 4 rings (SSSR count). The molecule has 0 fully saturated rings. The molecule has 2 aromatic heterocycles. The van der Waals surface area contributed by atoms with Gasteiger partial charge in [0, 0.05) is 23.1 Å². The second kappa shape index (κ2) is 7.06. The van der Waals surface area contributed by atoms with Crippen LogP contribution in [0.25, 0.3) is 10.9 Å². The molecule has 2 heterocycles. The number of aliphatic hydroxyl groups excluding tert-OH is 1. The van der Waals surface area contributed by atoms with Crippen LogP contribution in [0.4, 0.5) is 0 Å². The second-order valence-electron chi connectivity index (χ2n) is 7.13. The van der Waals surface area contributed by atoms with Crippen LogP contribution in [0.15, 0.2) is 41.0 Å². The molecule has 132 valence electrons. The van der Waals surface area contributed by atoms with Crippen molar-refractivity contribution in [2.24, 2.45) is 0 Å². The van der Waals surface area contributed by atoms with Gasteiger partial charge in [-0.25, -0.2) is 0 Å². The first-order chi connectivity index (χ1) is 12.2. The predicted octanol–water partition coefficient (Wildman–Crippen LogP) is 3.57. The van der Waals surface area contributed by atoms with E-state index in [1.54, 1.807) is 6.26 Å². The summed E-state index contributed by atoms with van der Waals surface area (Å²) in [4.78, 5) is 0. The van der Waals surface area contributed by atoms with E-state index in [1.165, 1.54) is 40.6 Å². The Kier molecular flexibility index (Phi) is 4.64. The monoisotopic (exact) mass is 338 g/mol. The van der Waals surface area contributed by atoms with Gasteiger partial charge in [-0.2, -0.15) is 0 Å². The van der Waals surface area contributed by atoms with E-state index in [1.807, 2.05) is 12.1 Å². The Bertz CT molecular complexity index is 849. The minimum Gasteiger partial charge on any atom is -0.468 e. The second-order valence-corrected chi connectivity index (χ2v) is 7.13. The molecular formula is C21H26N2O2. The SMILES string of the molecule is Cc1ccc2c(c1)c1c(n2C[C@@H](O)CNCc2ccco2)CCCC1. The Morgan fingerprint density at radius 2 is 2.12 bits per heavy atom. The van der Waals surface area contributed by atoms with Crippen LogP contribution in [0.1, 0.15) is 35.4 Å². The van der Waals surface area contributed by atoms with Gasteiger partial charge in [-0.05, 0) is 62.4 Å². The van der Waals surface area contributed by atoms with E-state index >= 15 is 0 Å². The number of aryl methyl sites for hydroxylation is 2. The molecule has 0 saturated heterocycles. The molecule has 1 aliphatic rings. The summed E-state index contributed by atoms with van der Waals surface area (Å²) in [5.74, 6) is 0.895. The van der Waals surface area contributed by atoms with Gasteiger partial charge in [0.15, 0.2) is 0 Å². The Balaban J connectivity index is 1.52. The minimum atomic E-state index is -0.419. The number of hydrogen-bond acceptors (Lipinski definition) is 3. The van der Waals surface area contributed by atoms with Gasteiger partial charge in [-0.3, -0.25) is 0 Å². The molecule has 3 aromatic rings. The van der Waals surface area contributed by atoms with Gasteiger partial charge in [0.05, 0.1) is 25.5 Å². The van der Waals surface area contributed by atoms with Crippen LogP contribution in [0.5, 0.6) is 0 Å². The summed E-state index contributed by atoms with van der Waals surface area (Å²) in [6, 6.07) is 10.5. The van der Waals surface area contributed by atoms with Gasteiger partial charge < -0.3 is 19.4 Å². The predicted molar refractivity (Wildman–Crippen MR) is 99.7 cm³/mol. The number of fused-ring (bicyclic) bond motifs is 3. The fourth-order valence-electron chi connectivity index (χ4n) is 4.01. The maximum Gasteiger partial charge on any atom is 0.117 e. The van der Waals surface area contributed by atoms with Crippen LogP contribution in [-0.4, -0.2) is 22.3 Å². The first-order valence-corrected chi connectivity index (χ1v) is 9.24. The van der Waals surface area contributed by atoms with Gasteiger partial charge in [0.25, 0.3) is 0 Å². The van der Waals surface area contributed by atoms with Gasteiger partial charge in [0.2, 0.25) is 0 Å². The van der Waals surface area contributed by atoms with Crippen molar-refractivity contribution in [1.82, 2.24) is 9.88 Å². The van der Waals surface area contributed by atoms with Crippen LogP contribution >= 0.6 is 0 Å². The summed E-state index contributed by atoms with van der Waals surface area (Å²) >= 11 is 0. The topological polar surface area (TPSA) is 50.3 Å². The van der Waals surface area contributed by atoms with E-state index < -0.39 is 6.10 Å².